The highest BCUT2D eigenvalue weighted by Gasteiger charge is 2.10. The monoisotopic (exact) mass is 390 g/mol. The number of hydrogen-bond donors (Lipinski definition) is 0. The van der Waals surface area contributed by atoms with E-state index in [1.54, 1.807) is 37.1 Å². The SMILES string of the molecule is CCSc1ccc(C(=O)N=c2sc3cc(F)ccc3n2CCOC)cc1. The van der Waals surface area contributed by atoms with Crippen molar-refractivity contribution in [2.24, 2.45) is 4.99 Å². The molecule has 0 N–H and O–H groups in total. The maximum atomic E-state index is 13.5. The molecule has 26 heavy (non-hydrogen) atoms. The first-order valence-electron chi connectivity index (χ1n) is 8.22. The summed E-state index contributed by atoms with van der Waals surface area (Å²) < 4.78 is 21.3. The second-order valence-electron chi connectivity index (χ2n) is 5.52. The number of benzene rings is 2. The minimum Gasteiger partial charge on any atom is -0.383 e. The molecule has 3 aromatic rings. The molecule has 1 aromatic heterocycles. The van der Waals surface area contributed by atoms with Gasteiger partial charge in [0, 0.05) is 24.1 Å². The fourth-order valence-corrected chi connectivity index (χ4v) is 4.28. The highest BCUT2D eigenvalue weighted by atomic mass is 32.2. The lowest BCUT2D eigenvalue weighted by atomic mass is 10.2. The number of fused-ring (bicyclic) bond motifs is 1. The van der Waals surface area contributed by atoms with E-state index >= 15 is 0 Å². The Kier molecular flexibility index (Phi) is 6.24. The Morgan fingerprint density at radius 2 is 2.04 bits per heavy atom. The molecule has 7 heteroatoms. The van der Waals surface area contributed by atoms with Crippen LogP contribution in [-0.2, 0) is 11.3 Å². The van der Waals surface area contributed by atoms with Crippen molar-refractivity contribution in [3.8, 4) is 0 Å². The average Bonchev–Trinajstić information content (AvgIpc) is 2.96. The average molecular weight is 391 g/mol. The number of rotatable bonds is 6. The Labute approximate surface area is 159 Å². The van der Waals surface area contributed by atoms with Gasteiger partial charge in [-0.2, -0.15) is 4.99 Å². The third-order valence-corrected chi connectivity index (χ3v) is 5.71. The molecule has 0 aliphatic rings. The van der Waals surface area contributed by atoms with Crippen LogP contribution >= 0.6 is 23.1 Å². The van der Waals surface area contributed by atoms with Gasteiger partial charge in [0.15, 0.2) is 4.80 Å². The molecule has 0 bridgehead atoms. The van der Waals surface area contributed by atoms with E-state index in [4.69, 9.17) is 4.74 Å². The van der Waals surface area contributed by atoms with Crippen molar-refractivity contribution in [2.75, 3.05) is 19.5 Å². The smallest absolute Gasteiger partial charge is 0.279 e. The maximum absolute atomic E-state index is 13.5. The van der Waals surface area contributed by atoms with Crippen LogP contribution in [0.5, 0.6) is 0 Å². The van der Waals surface area contributed by atoms with Gasteiger partial charge in [0.05, 0.1) is 16.8 Å². The minimum absolute atomic E-state index is 0.306. The number of carbonyl (C=O) groups excluding carboxylic acids is 1. The number of carbonyl (C=O) groups is 1. The zero-order valence-electron chi connectivity index (χ0n) is 14.6. The summed E-state index contributed by atoms with van der Waals surface area (Å²) in [6.45, 7) is 3.11. The molecular formula is C19H19FN2O2S2. The fraction of sp³-hybridized carbons (Fsp3) is 0.263. The number of methoxy groups -OCH3 is 1. The van der Waals surface area contributed by atoms with E-state index in [1.807, 2.05) is 16.7 Å². The van der Waals surface area contributed by atoms with Crippen molar-refractivity contribution < 1.29 is 13.9 Å². The Bertz CT molecular complexity index is 977. The van der Waals surface area contributed by atoms with Gasteiger partial charge in [0.25, 0.3) is 5.91 Å². The van der Waals surface area contributed by atoms with E-state index in [0.29, 0.717) is 23.5 Å². The number of thiazole rings is 1. The van der Waals surface area contributed by atoms with Gasteiger partial charge in [-0.3, -0.25) is 4.79 Å². The molecule has 0 unspecified atom stereocenters. The molecule has 136 valence electrons. The largest absolute Gasteiger partial charge is 0.383 e. The highest BCUT2D eigenvalue weighted by molar-refractivity contribution is 7.99. The molecule has 0 atom stereocenters. The quantitative estimate of drug-likeness (QED) is 0.588. The standard InChI is InChI=1S/C19H19FN2O2S2/c1-3-25-15-7-4-13(5-8-15)18(23)21-19-22(10-11-24-2)16-9-6-14(20)12-17(16)26-19/h4-9,12H,3,10-11H2,1-2H3. The zero-order valence-corrected chi connectivity index (χ0v) is 16.2. The number of hydrogen-bond acceptors (Lipinski definition) is 4. The van der Waals surface area contributed by atoms with Crippen LogP contribution in [0.3, 0.4) is 0 Å². The maximum Gasteiger partial charge on any atom is 0.279 e. The van der Waals surface area contributed by atoms with Crippen molar-refractivity contribution in [2.45, 2.75) is 18.4 Å². The van der Waals surface area contributed by atoms with Crippen LogP contribution in [0.1, 0.15) is 17.3 Å². The number of aromatic nitrogens is 1. The molecule has 0 spiro atoms. The summed E-state index contributed by atoms with van der Waals surface area (Å²) in [7, 11) is 1.62. The zero-order chi connectivity index (χ0) is 18.5. The number of nitrogens with zero attached hydrogens (tertiary/aromatic N) is 2. The summed E-state index contributed by atoms with van der Waals surface area (Å²) in [5.41, 5.74) is 1.38. The predicted octanol–water partition coefficient (Wildman–Crippen LogP) is 4.34. The highest BCUT2D eigenvalue weighted by Crippen LogP contribution is 2.20. The van der Waals surface area contributed by atoms with E-state index in [0.717, 1.165) is 20.9 Å². The van der Waals surface area contributed by atoms with Gasteiger partial charge in [0.1, 0.15) is 5.82 Å². The van der Waals surface area contributed by atoms with Crippen LogP contribution in [0.25, 0.3) is 10.2 Å². The second-order valence-corrected chi connectivity index (χ2v) is 7.86. The summed E-state index contributed by atoms with van der Waals surface area (Å²) in [6.07, 6.45) is 0. The van der Waals surface area contributed by atoms with Gasteiger partial charge < -0.3 is 9.30 Å². The number of ether oxygens (including phenoxy) is 1. The van der Waals surface area contributed by atoms with Crippen LogP contribution in [0, 0.1) is 5.82 Å². The Balaban J connectivity index is 2.00. The predicted molar refractivity (Wildman–Crippen MR) is 104 cm³/mol. The van der Waals surface area contributed by atoms with E-state index in [9.17, 15) is 9.18 Å². The topological polar surface area (TPSA) is 43.6 Å². The number of halogens is 1. The molecule has 0 saturated heterocycles. The Morgan fingerprint density at radius 3 is 2.73 bits per heavy atom. The Hall–Kier alpha value is -1.96. The summed E-state index contributed by atoms with van der Waals surface area (Å²) >= 11 is 3.02. The fourth-order valence-electron chi connectivity index (χ4n) is 2.54. The van der Waals surface area contributed by atoms with Crippen LogP contribution < -0.4 is 4.80 Å². The van der Waals surface area contributed by atoms with E-state index in [-0.39, 0.29) is 11.7 Å². The van der Waals surface area contributed by atoms with Gasteiger partial charge in [-0.15, -0.1) is 11.8 Å². The molecule has 0 aliphatic carbocycles. The molecule has 0 fully saturated rings. The molecule has 4 nitrogen and oxygen atoms in total. The third-order valence-electron chi connectivity index (χ3n) is 3.77. The third kappa shape index (κ3) is 4.23. The van der Waals surface area contributed by atoms with Crippen LogP contribution in [0.4, 0.5) is 4.39 Å². The van der Waals surface area contributed by atoms with Crippen LogP contribution in [-0.4, -0.2) is 29.9 Å². The van der Waals surface area contributed by atoms with E-state index < -0.39 is 0 Å². The van der Waals surface area contributed by atoms with Crippen molar-refractivity contribution >= 4 is 39.2 Å². The van der Waals surface area contributed by atoms with Gasteiger partial charge in [-0.25, -0.2) is 4.39 Å². The molecular weight excluding hydrogens is 371 g/mol. The summed E-state index contributed by atoms with van der Waals surface area (Å²) in [5.74, 6) is 0.367. The minimum atomic E-state index is -0.309. The first-order valence-corrected chi connectivity index (χ1v) is 10.0. The summed E-state index contributed by atoms with van der Waals surface area (Å²) in [5, 5.41) is 0. The molecule has 1 heterocycles. The van der Waals surface area contributed by atoms with E-state index in [1.165, 1.54) is 23.5 Å². The molecule has 0 radical (unpaired) electrons. The van der Waals surface area contributed by atoms with Gasteiger partial charge >= 0.3 is 0 Å². The van der Waals surface area contributed by atoms with Gasteiger partial charge in [-0.1, -0.05) is 18.3 Å². The summed E-state index contributed by atoms with van der Waals surface area (Å²) in [4.78, 5) is 18.5. The number of amides is 1. The van der Waals surface area contributed by atoms with Crippen LogP contribution in [0.2, 0.25) is 0 Å². The van der Waals surface area contributed by atoms with Crippen molar-refractivity contribution in [3.63, 3.8) is 0 Å². The molecule has 0 aliphatic heterocycles. The van der Waals surface area contributed by atoms with Crippen molar-refractivity contribution in [1.29, 1.82) is 0 Å². The van der Waals surface area contributed by atoms with Gasteiger partial charge in [-0.05, 0) is 48.2 Å². The Morgan fingerprint density at radius 1 is 1.27 bits per heavy atom. The molecule has 0 saturated carbocycles. The lowest BCUT2D eigenvalue weighted by Gasteiger charge is -2.04. The van der Waals surface area contributed by atoms with E-state index in [2.05, 4.69) is 11.9 Å². The lowest BCUT2D eigenvalue weighted by Crippen LogP contribution is -2.19. The van der Waals surface area contributed by atoms with Crippen molar-refractivity contribution in [1.82, 2.24) is 4.57 Å². The number of thioether (sulfide) groups is 1. The molecule has 3 rings (SSSR count). The summed E-state index contributed by atoms with van der Waals surface area (Å²) in [6, 6.07) is 12.0. The molecule has 2 aromatic carbocycles. The normalized spacial score (nSPS) is 12.0. The first kappa shape index (κ1) is 18.8. The van der Waals surface area contributed by atoms with Crippen LogP contribution in [0.15, 0.2) is 52.4 Å². The van der Waals surface area contributed by atoms with Crippen molar-refractivity contribution in [3.05, 3.63) is 58.6 Å². The molecule has 1 amide bonds. The first-order chi connectivity index (χ1) is 12.6. The van der Waals surface area contributed by atoms with Gasteiger partial charge in [0.2, 0.25) is 0 Å². The lowest BCUT2D eigenvalue weighted by molar-refractivity contribution is 0.0997. The second kappa shape index (κ2) is 8.62.